The van der Waals surface area contributed by atoms with Crippen molar-refractivity contribution >= 4 is 27.5 Å². The number of hydrogen-bond donors (Lipinski definition) is 2. The van der Waals surface area contributed by atoms with Crippen LogP contribution in [-0.2, 0) is 0 Å². The molecule has 1 atom stereocenters. The van der Waals surface area contributed by atoms with E-state index in [1.165, 1.54) is 5.56 Å². The summed E-state index contributed by atoms with van der Waals surface area (Å²) in [6.07, 6.45) is 2.72. The molecule has 0 radical (unpaired) electrons. The Bertz CT molecular complexity index is 450. The number of aliphatic hydroxyl groups is 1. The lowest BCUT2D eigenvalue weighted by Crippen LogP contribution is -2.37. The molecular weight excluding hydrogens is 352 g/mol. The fourth-order valence-corrected chi connectivity index (χ4v) is 3.66. The van der Waals surface area contributed by atoms with Crippen LogP contribution in [-0.4, -0.2) is 42.3 Å². The van der Waals surface area contributed by atoms with Gasteiger partial charge in [-0.15, -0.1) is 0 Å². The molecule has 5 heteroatoms. The monoisotopic (exact) mass is 374 g/mol. The first-order chi connectivity index (χ1) is 10.1. The van der Waals surface area contributed by atoms with Crippen molar-refractivity contribution in [3.05, 3.63) is 33.3 Å². The predicted molar refractivity (Wildman–Crippen MR) is 91.9 cm³/mol. The Morgan fingerprint density at radius 1 is 1.43 bits per heavy atom. The topological polar surface area (TPSA) is 35.5 Å². The first-order valence-corrected chi connectivity index (χ1v) is 8.86. The molecule has 2 rings (SSSR count). The largest absolute Gasteiger partial charge is 0.393 e. The smallest absolute Gasteiger partial charge is 0.0564 e. The molecule has 0 aromatic heterocycles. The third kappa shape index (κ3) is 5.22. The standard InChI is InChI=1S/C16H24BrClN2O/c1-2-19-16(14-4-3-12(17)11-15(14)18)7-10-20-8-5-13(21)6-9-20/h3-4,11,13,16,19,21H,2,5-10H2,1H3. The van der Waals surface area contributed by atoms with Crippen molar-refractivity contribution in [2.75, 3.05) is 26.2 Å². The molecule has 1 fully saturated rings. The molecule has 0 aliphatic carbocycles. The van der Waals surface area contributed by atoms with Crippen molar-refractivity contribution in [3.63, 3.8) is 0 Å². The average molecular weight is 376 g/mol. The predicted octanol–water partition coefficient (Wildman–Crippen LogP) is 3.60. The van der Waals surface area contributed by atoms with E-state index >= 15 is 0 Å². The number of rotatable bonds is 6. The molecule has 0 bridgehead atoms. The summed E-state index contributed by atoms with van der Waals surface area (Å²) in [5, 5.41) is 13.9. The van der Waals surface area contributed by atoms with E-state index in [0.717, 1.165) is 54.9 Å². The molecule has 0 spiro atoms. The second kappa shape index (κ2) is 8.49. The zero-order chi connectivity index (χ0) is 15.2. The minimum Gasteiger partial charge on any atom is -0.393 e. The summed E-state index contributed by atoms with van der Waals surface area (Å²) in [6.45, 7) is 6.08. The van der Waals surface area contributed by atoms with Crippen molar-refractivity contribution < 1.29 is 5.11 Å². The van der Waals surface area contributed by atoms with Gasteiger partial charge in [0.25, 0.3) is 0 Å². The molecule has 21 heavy (non-hydrogen) atoms. The van der Waals surface area contributed by atoms with E-state index in [-0.39, 0.29) is 12.1 Å². The summed E-state index contributed by atoms with van der Waals surface area (Å²) in [7, 11) is 0. The van der Waals surface area contributed by atoms with Crippen LogP contribution in [0.1, 0.15) is 37.8 Å². The fourth-order valence-electron chi connectivity index (χ4n) is 2.85. The molecule has 3 nitrogen and oxygen atoms in total. The quantitative estimate of drug-likeness (QED) is 0.797. The highest BCUT2D eigenvalue weighted by atomic mass is 79.9. The molecular formula is C16H24BrClN2O. The second-order valence-corrected chi connectivity index (χ2v) is 6.96. The average Bonchev–Trinajstić information content (AvgIpc) is 2.46. The van der Waals surface area contributed by atoms with Crippen molar-refractivity contribution in [2.45, 2.75) is 38.3 Å². The number of nitrogens with one attached hydrogen (secondary N) is 1. The lowest BCUT2D eigenvalue weighted by Gasteiger charge is -2.31. The molecule has 118 valence electrons. The maximum Gasteiger partial charge on any atom is 0.0564 e. The molecule has 1 saturated heterocycles. The molecule has 1 aliphatic heterocycles. The lowest BCUT2D eigenvalue weighted by molar-refractivity contribution is 0.0806. The van der Waals surface area contributed by atoms with Gasteiger partial charge in [0, 0.05) is 28.6 Å². The number of piperidine rings is 1. The Morgan fingerprint density at radius 2 is 2.14 bits per heavy atom. The van der Waals surface area contributed by atoms with Gasteiger partial charge in [0.15, 0.2) is 0 Å². The van der Waals surface area contributed by atoms with Crippen LogP contribution in [0.2, 0.25) is 5.02 Å². The van der Waals surface area contributed by atoms with Crippen LogP contribution in [0.15, 0.2) is 22.7 Å². The van der Waals surface area contributed by atoms with Crippen molar-refractivity contribution in [2.24, 2.45) is 0 Å². The van der Waals surface area contributed by atoms with E-state index in [1.807, 2.05) is 12.1 Å². The number of aliphatic hydroxyl groups excluding tert-OH is 1. The highest BCUT2D eigenvalue weighted by Gasteiger charge is 2.19. The van der Waals surface area contributed by atoms with Crippen LogP contribution in [0.25, 0.3) is 0 Å². The van der Waals surface area contributed by atoms with Crippen LogP contribution in [0, 0.1) is 0 Å². The van der Waals surface area contributed by atoms with Gasteiger partial charge in [0.2, 0.25) is 0 Å². The first-order valence-electron chi connectivity index (χ1n) is 7.69. The van der Waals surface area contributed by atoms with Gasteiger partial charge in [0.05, 0.1) is 6.10 Å². The lowest BCUT2D eigenvalue weighted by atomic mass is 10.0. The number of benzene rings is 1. The summed E-state index contributed by atoms with van der Waals surface area (Å²) in [6, 6.07) is 6.38. The van der Waals surface area contributed by atoms with E-state index in [0.29, 0.717) is 0 Å². The Labute approximate surface area is 140 Å². The number of hydrogen-bond acceptors (Lipinski definition) is 3. The highest BCUT2D eigenvalue weighted by molar-refractivity contribution is 9.10. The first kappa shape index (κ1) is 17.2. The summed E-state index contributed by atoms with van der Waals surface area (Å²) in [5.41, 5.74) is 1.17. The Balaban J connectivity index is 1.95. The molecule has 1 heterocycles. The Kier molecular flexibility index (Phi) is 6.96. The zero-order valence-electron chi connectivity index (χ0n) is 12.5. The molecule has 1 aromatic carbocycles. The van der Waals surface area contributed by atoms with Gasteiger partial charge in [-0.1, -0.05) is 40.5 Å². The Morgan fingerprint density at radius 3 is 2.76 bits per heavy atom. The Hall–Kier alpha value is -0.130. The summed E-state index contributed by atoms with van der Waals surface area (Å²) in [4.78, 5) is 2.43. The SMILES string of the molecule is CCNC(CCN1CCC(O)CC1)c1ccc(Br)cc1Cl. The molecule has 1 aliphatic rings. The number of likely N-dealkylation sites (tertiary alicyclic amines) is 1. The minimum absolute atomic E-state index is 0.105. The molecule has 1 unspecified atom stereocenters. The minimum atomic E-state index is -0.105. The normalized spacial score (nSPS) is 18.9. The summed E-state index contributed by atoms with van der Waals surface area (Å²) >= 11 is 9.84. The van der Waals surface area contributed by atoms with Crippen LogP contribution in [0.4, 0.5) is 0 Å². The van der Waals surface area contributed by atoms with Gasteiger partial charge in [0.1, 0.15) is 0 Å². The molecule has 2 N–H and O–H groups in total. The van der Waals surface area contributed by atoms with Gasteiger partial charge < -0.3 is 15.3 Å². The van der Waals surface area contributed by atoms with Crippen LogP contribution < -0.4 is 5.32 Å². The third-order valence-electron chi connectivity index (χ3n) is 4.08. The van der Waals surface area contributed by atoms with Crippen molar-refractivity contribution in [3.8, 4) is 0 Å². The summed E-state index contributed by atoms with van der Waals surface area (Å²) < 4.78 is 1.01. The molecule has 1 aromatic rings. The van der Waals surface area contributed by atoms with Gasteiger partial charge in [-0.25, -0.2) is 0 Å². The van der Waals surface area contributed by atoms with E-state index in [1.54, 1.807) is 0 Å². The van der Waals surface area contributed by atoms with Gasteiger partial charge in [-0.05, 0) is 50.0 Å². The fraction of sp³-hybridized carbons (Fsp3) is 0.625. The van der Waals surface area contributed by atoms with E-state index < -0.39 is 0 Å². The maximum atomic E-state index is 9.57. The van der Waals surface area contributed by atoms with Crippen molar-refractivity contribution in [1.29, 1.82) is 0 Å². The van der Waals surface area contributed by atoms with Crippen LogP contribution in [0.5, 0.6) is 0 Å². The molecule has 0 amide bonds. The maximum absolute atomic E-state index is 9.57. The van der Waals surface area contributed by atoms with E-state index in [2.05, 4.69) is 39.1 Å². The summed E-state index contributed by atoms with van der Waals surface area (Å²) in [5.74, 6) is 0. The van der Waals surface area contributed by atoms with Crippen molar-refractivity contribution in [1.82, 2.24) is 10.2 Å². The van der Waals surface area contributed by atoms with Gasteiger partial charge in [-0.2, -0.15) is 0 Å². The van der Waals surface area contributed by atoms with E-state index in [4.69, 9.17) is 11.6 Å². The van der Waals surface area contributed by atoms with Gasteiger partial charge >= 0.3 is 0 Å². The zero-order valence-corrected chi connectivity index (χ0v) is 14.8. The van der Waals surface area contributed by atoms with Crippen LogP contribution >= 0.6 is 27.5 Å². The number of halogens is 2. The highest BCUT2D eigenvalue weighted by Crippen LogP contribution is 2.28. The third-order valence-corrected chi connectivity index (χ3v) is 4.90. The molecule has 0 saturated carbocycles. The second-order valence-electron chi connectivity index (χ2n) is 5.64. The van der Waals surface area contributed by atoms with Gasteiger partial charge in [-0.3, -0.25) is 0 Å². The van der Waals surface area contributed by atoms with Crippen LogP contribution in [0.3, 0.4) is 0 Å². The number of nitrogens with zero attached hydrogens (tertiary/aromatic N) is 1. The van der Waals surface area contributed by atoms with E-state index in [9.17, 15) is 5.11 Å².